The average molecular weight is 294 g/mol. The summed E-state index contributed by atoms with van der Waals surface area (Å²) >= 11 is 0. The molecule has 0 saturated carbocycles. The topological polar surface area (TPSA) is 49.4 Å². The fourth-order valence-electron chi connectivity index (χ4n) is 1.83. The van der Waals surface area contributed by atoms with E-state index in [4.69, 9.17) is 0 Å². The number of hydrogen-bond acceptors (Lipinski definition) is 2. The minimum absolute atomic E-state index is 0.0229. The number of benzene rings is 1. The van der Waals surface area contributed by atoms with Gasteiger partial charge in [-0.3, -0.25) is 9.59 Å². The fraction of sp³-hybridized carbons (Fsp3) is 0.500. The van der Waals surface area contributed by atoms with Crippen molar-refractivity contribution >= 4 is 17.5 Å². The molecule has 116 valence electrons. The molecule has 0 aliphatic carbocycles. The minimum atomic E-state index is -0.343. The molecule has 0 saturated heterocycles. The Balaban J connectivity index is 2.42. The van der Waals surface area contributed by atoms with Crippen LogP contribution in [-0.2, 0) is 9.59 Å². The van der Waals surface area contributed by atoms with Gasteiger partial charge in [0.2, 0.25) is 11.8 Å². The van der Waals surface area contributed by atoms with Gasteiger partial charge in [-0.15, -0.1) is 0 Å². The van der Waals surface area contributed by atoms with Crippen LogP contribution in [0.25, 0.3) is 0 Å². The number of carbonyl (C=O) groups excluding carboxylic acids is 2. The van der Waals surface area contributed by atoms with Gasteiger partial charge in [-0.25, -0.2) is 4.39 Å². The first-order valence-corrected chi connectivity index (χ1v) is 7.19. The van der Waals surface area contributed by atoms with Gasteiger partial charge >= 0.3 is 0 Å². The van der Waals surface area contributed by atoms with E-state index >= 15 is 0 Å². The van der Waals surface area contributed by atoms with Crippen LogP contribution < -0.4 is 5.32 Å². The maximum absolute atomic E-state index is 12.8. The number of halogens is 1. The van der Waals surface area contributed by atoms with Crippen LogP contribution >= 0.6 is 0 Å². The molecule has 5 heteroatoms. The Morgan fingerprint density at radius 2 is 1.81 bits per heavy atom. The molecule has 1 N–H and O–H groups in total. The van der Waals surface area contributed by atoms with Gasteiger partial charge in [-0.05, 0) is 36.6 Å². The highest BCUT2D eigenvalue weighted by Crippen LogP contribution is 2.09. The van der Waals surface area contributed by atoms with Crippen molar-refractivity contribution in [2.75, 3.05) is 18.4 Å². The van der Waals surface area contributed by atoms with E-state index in [1.807, 2.05) is 0 Å². The Hall–Kier alpha value is -1.91. The lowest BCUT2D eigenvalue weighted by Gasteiger charge is -2.21. The van der Waals surface area contributed by atoms with Crippen LogP contribution in [0.5, 0.6) is 0 Å². The van der Waals surface area contributed by atoms with Gasteiger partial charge in [-0.1, -0.05) is 13.8 Å². The molecule has 0 fully saturated rings. The summed E-state index contributed by atoms with van der Waals surface area (Å²) in [6.45, 7) is 6.77. The van der Waals surface area contributed by atoms with Crippen molar-refractivity contribution in [2.45, 2.75) is 33.6 Å². The summed E-state index contributed by atoms with van der Waals surface area (Å²) in [7, 11) is 0. The van der Waals surface area contributed by atoms with Crippen molar-refractivity contribution in [3.05, 3.63) is 30.1 Å². The van der Waals surface area contributed by atoms with Gasteiger partial charge in [0.1, 0.15) is 5.82 Å². The zero-order valence-corrected chi connectivity index (χ0v) is 12.9. The number of hydrogen-bond donors (Lipinski definition) is 1. The predicted octanol–water partition coefficient (Wildman–Crippen LogP) is 3.05. The summed E-state index contributed by atoms with van der Waals surface area (Å²) in [6, 6.07) is 5.60. The molecular formula is C16H23FN2O2. The van der Waals surface area contributed by atoms with Crippen molar-refractivity contribution in [1.29, 1.82) is 0 Å². The first-order chi connectivity index (χ1) is 9.88. The number of anilines is 1. The molecule has 0 bridgehead atoms. The Kier molecular flexibility index (Phi) is 6.85. The number of nitrogens with one attached hydrogen (secondary N) is 1. The van der Waals surface area contributed by atoms with Crippen LogP contribution in [0, 0.1) is 11.7 Å². The maximum atomic E-state index is 12.8. The third-order valence-electron chi connectivity index (χ3n) is 3.16. The van der Waals surface area contributed by atoms with Crippen LogP contribution in [0.15, 0.2) is 24.3 Å². The second-order valence-electron chi connectivity index (χ2n) is 5.49. The number of carbonyl (C=O) groups is 2. The number of rotatable bonds is 7. The average Bonchev–Trinajstić information content (AvgIpc) is 2.40. The fourth-order valence-corrected chi connectivity index (χ4v) is 1.83. The van der Waals surface area contributed by atoms with Crippen LogP contribution in [0.4, 0.5) is 10.1 Å². The summed E-state index contributed by atoms with van der Waals surface area (Å²) in [6.07, 6.45) is 1.15. The van der Waals surface area contributed by atoms with E-state index in [1.54, 1.807) is 4.90 Å². The monoisotopic (exact) mass is 294 g/mol. The normalized spacial score (nSPS) is 10.5. The van der Waals surface area contributed by atoms with Crippen molar-refractivity contribution < 1.29 is 14.0 Å². The lowest BCUT2D eigenvalue weighted by molar-refractivity contribution is -0.129. The predicted molar refractivity (Wildman–Crippen MR) is 81.4 cm³/mol. The van der Waals surface area contributed by atoms with Crippen molar-refractivity contribution in [3.8, 4) is 0 Å². The van der Waals surface area contributed by atoms with E-state index in [9.17, 15) is 14.0 Å². The quantitative estimate of drug-likeness (QED) is 0.840. The smallest absolute Gasteiger partial charge is 0.226 e. The Bertz CT molecular complexity index is 472. The van der Waals surface area contributed by atoms with Crippen LogP contribution in [0.1, 0.15) is 33.6 Å². The van der Waals surface area contributed by atoms with E-state index in [-0.39, 0.29) is 24.1 Å². The zero-order chi connectivity index (χ0) is 15.8. The molecule has 0 heterocycles. The molecule has 2 amide bonds. The summed E-state index contributed by atoms with van der Waals surface area (Å²) in [5.41, 5.74) is 0.554. The van der Waals surface area contributed by atoms with E-state index in [1.165, 1.54) is 31.2 Å². The third-order valence-corrected chi connectivity index (χ3v) is 3.16. The van der Waals surface area contributed by atoms with Crippen molar-refractivity contribution in [1.82, 2.24) is 4.90 Å². The number of nitrogens with zero attached hydrogens (tertiary/aromatic N) is 1. The molecule has 0 aliphatic heterocycles. The van der Waals surface area contributed by atoms with Gasteiger partial charge in [0, 0.05) is 32.1 Å². The molecule has 0 radical (unpaired) electrons. The lowest BCUT2D eigenvalue weighted by atomic mass is 10.1. The molecule has 0 spiro atoms. The Morgan fingerprint density at radius 1 is 1.19 bits per heavy atom. The van der Waals surface area contributed by atoms with Crippen LogP contribution in [0.2, 0.25) is 0 Å². The highest BCUT2D eigenvalue weighted by molar-refractivity contribution is 5.91. The SMILES string of the molecule is CC(=O)N(CCC(=O)Nc1ccc(F)cc1)CCC(C)C. The standard InChI is InChI=1S/C16H23FN2O2/c1-12(2)8-10-19(13(3)20)11-9-16(21)18-15-6-4-14(17)5-7-15/h4-7,12H,8-11H2,1-3H3,(H,18,21). The molecule has 0 unspecified atom stereocenters. The molecular weight excluding hydrogens is 271 g/mol. The summed E-state index contributed by atoms with van der Waals surface area (Å²) in [5.74, 6) is -0.0352. The molecule has 0 aromatic heterocycles. The van der Waals surface area contributed by atoms with Crippen molar-refractivity contribution in [3.63, 3.8) is 0 Å². The largest absolute Gasteiger partial charge is 0.342 e. The first kappa shape index (κ1) is 17.1. The van der Waals surface area contributed by atoms with Gasteiger partial charge in [-0.2, -0.15) is 0 Å². The Morgan fingerprint density at radius 3 is 2.33 bits per heavy atom. The second kappa shape index (κ2) is 8.39. The van der Waals surface area contributed by atoms with E-state index in [0.717, 1.165) is 6.42 Å². The van der Waals surface area contributed by atoms with Gasteiger partial charge in [0.15, 0.2) is 0 Å². The lowest BCUT2D eigenvalue weighted by Crippen LogP contribution is -2.33. The third kappa shape index (κ3) is 6.88. The molecule has 1 aromatic rings. The molecule has 0 atom stereocenters. The van der Waals surface area contributed by atoms with E-state index in [0.29, 0.717) is 24.7 Å². The molecule has 21 heavy (non-hydrogen) atoms. The highest BCUT2D eigenvalue weighted by atomic mass is 19.1. The van der Waals surface area contributed by atoms with Gasteiger partial charge < -0.3 is 10.2 Å². The summed E-state index contributed by atoms with van der Waals surface area (Å²) < 4.78 is 12.8. The van der Waals surface area contributed by atoms with Crippen LogP contribution in [0.3, 0.4) is 0 Å². The molecule has 1 aromatic carbocycles. The van der Waals surface area contributed by atoms with Gasteiger partial charge in [0.05, 0.1) is 0 Å². The Labute approximate surface area is 125 Å². The highest BCUT2D eigenvalue weighted by Gasteiger charge is 2.11. The van der Waals surface area contributed by atoms with E-state index in [2.05, 4.69) is 19.2 Å². The number of amides is 2. The zero-order valence-electron chi connectivity index (χ0n) is 12.9. The summed E-state index contributed by atoms with van der Waals surface area (Å²) in [4.78, 5) is 25.0. The molecule has 4 nitrogen and oxygen atoms in total. The first-order valence-electron chi connectivity index (χ1n) is 7.19. The molecule has 1 rings (SSSR count). The van der Waals surface area contributed by atoms with Gasteiger partial charge in [0.25, 0.3) is 0 Å². The van der Waals surface area contributed by atoms with Crippen molar-refractivity contribution in [2.24, 2.45) is 5.92 Å². The van der Waals surface area contributed by atoms with Crippen LogP contribution in [-0.4, -0.2) is 29.8 Å². The molecule has 0 aliphatic rings. The second-order valence-corrected chi connectivity index (χ2v) is 5.49. The minimum Gasteiger partial charge on any atom is -0.342 e. The summed E-state index contributed by atoms with van der Waals surface area (Å²) in [5, 5.41) is 2.68. The van der Waals surface area contributed by atoms with E-state index < -0.39 is 0 Å². The maximum Gasteiger partial charge on any atom is 0.226 e.